The summed E-state index contributed by atoms with van der Waals surface area (Å²) in [7, 11) is -2.19. The van der Waals surface area contributed by atoms with E-state index in [1.807, 2.05) is 44.5 Å². The van der Waals surface area contributed by atoms with Gasteiger partial charge >= 0.3 is 14.8 Å². The Hall–Kier alpha value is 0.0538. The van der Waals surface area contributed by atoms with Gasteiger partial charge in [-0.2, -0.15) is 0 Å². The molecule has 0 bridgehead atoms. The molecule has 0 atom stereocenters. The molecule has 0 rings (SSSR count). The predicted octanol–water partition coefficient (Wildman–Crippen LogP) is 4.22. The summed E-state index contributed by atoms with van der Waals surface area (Å²) in [6.45, 7) is 15.6. The minimum absolute atomic E-state index is 0.195. The van der Waals surface area contributed by atoms with E-state index in [1.165, 1.54) is 6.04 Å². The molecule has 180 valence electrons. The van der Waals surface area contributed by atoms with Crippen LogP contribution in [0.2, 0.25) is 25.2 Å². The standard InChI is InChI=1S/C20H45NO6SSi2/c1-8-24-29(6,7)16-13-15-28-19-21(5)18-20(22)23-14-12-17-30(25-9-2,26-10-3)27-11-4/h8-19H2,1-7H3. The molecule has 10 heteroatoms. The SMILES string of the molecule is CCO[Si](C)(C)CCCSCN(C)CC(=O)OCCC[Si](OCC)(OCC)OCC. The van der Waals surface area contributed by atoms with Crippen molar-refractivity contribution in [2.45, 2.75) is 65.7 Å². The number of rotatable bonds is 20. The molecule has 0 aliphatic carbocycles. The second kappa shape index (κ2) is 17.6. The molecular formula is C20H45NO6SSi2. The van der Waals surface area contributed by atoms with E-state index in [9.17, 15) is 4.79 Å². The van der Waals surface area contributed by atoms with Crippen LogP contribution < -0.4 is 0 Å². The van der Waals surface area contributed by atoms with Crippen LogP contribution in [0.15, 0.2) is 0 Å². The van der Waals surface area contributed by atoms with Crippen molar-refractivity contribution < 1.29 is 27.2 Å². The maximum atomic E-state index is 12.1. The average molecular weight is 484 g/mol. The van der Waals surface area contributed by atoms with Crippen LogP contribution in [-0.4, -0.2) is 86.2 Å². The van der Waals surface area contributed by atoms with E-state index in [1.54, 1.807) is 0 Å². The van der Waals surface area contributed by atoms with Crippen LogP contribution in [0, 0.1) is 0 Å². The zero-order chi connectivity index (χ0) is 22.9. The Morgan fingerprint density at radius 3 is 1.97 bits per heavy atom. The number of ether oxygens (including phenoxy) is 1. The van der Waals surface area contributed by atoms with Gasteiger partial charge in [-0.15, -0.1) is 11.8 Å². The Labute approximate surface area is 191 Å². The number of carbonyl (C=O) groups excluding carboxylic acids is 1. The first kappa shape index (κ1) is 30.1. The Kier molecular flexibility index (Phi) is 17.6. The van der Waals surface area contributed by atoms with Crippen LogP contribution in [0.5, 0.6) is 0 Å². The van der Waals surface area contributed by atoms with Gasteiger partial charge in [0.2, 0.25) is 0 Å². The summed E-state index contributed by atoms with van der Waals surface area (Å²) in [6, 6.07) is 1.83. The van der Waals surface area contributed by atoms with Gasteiger partial charge < -0.3 is 22.4 Å². The smallest absolute Gasteiger partial charge is 0.465 e. The van der Waals surface area contributed by atoms with Crippen LogP contribution in [-0.2, 0) is 27.2 Å². The predicted molar refractivity (Wildman–Crippen MR) is 130 cm³/mol. The van der Waals surface area contributed by atoms with E-state index >= 15 is 0 Å². The number of carbonyl (C=O) groups is 1. The number of thioether (sulfide) groups is 1. The summed E-state index contributed by atoms with van der Waals surface area (Å²) in [5.41, 5.74) is 0. The van der Waals surface area contributed by atoms with Crippen molar-refractivity contribution in [2.75, 3.05) is 58.3 Å². The van der Waals surface area contributed by atoms with Gasteiger partial charge in [0.1, 0.15) is 0 Å². The average Bonchev–Trinajstić information content (AvgIpc) is 2.65. The van der Waals surface area contributed by atoms with E-state index in [-0.39, 0.29) is 5.97 Å². The second-order valence-electron chi connectivity index (χ2n) is 7.65. The first-order valence-electron chi connectivity index (χ1n) is 11.2. The molecule has 0 aromatic carbocycles. The number of esters is 1. The summed E-state index contributed by atoms with van der Waals surface area (Å²) in [6.07, 6.45) is 1.84. The summed E-state index contributed by atoms with van der Waals surface area (Å²) >= 11 is 1.85. The molecule has 0 fully saturated rings. The highest BCUT2D eigenvalue weighted by molar-refractivity contribution is 7.99. The van der Waals surface area contributed by atoms with Crippen molar-refractivity contribution in [3.8, 4) is 0 Å². The Morgan fingerprint density at radius 2 is 1.43 bits per heavy atom. The van der Waals surface area contributed by atoms with Crippen molar-refractivity contribution in [2.24, 2.45) is 0 Å². The zero-order valence-corrected chi connectivity index (χ0v) is 23.1. The number of hydrogen-bond donors (Lipinski definition) is 0. The quantitative estimate of drug-likeness (QED) is 0.110. The minimum Gasteiger partial charge on any atom is -0.465 e. The highest BCUT2D eigenvalue weighted by Gasteiger charge is 2.39. The van der Waals surface area contributed by atoms with Crippen molar-refractivity contribution in [3.05, 3.63) is 0 Å². The molecule has 0 aromatic heterocycles. The molecule has 0 heterocycles. The van der Waals surface area contributed by atoms with Gasteiger partial charge in [0, 0.05) is 38.3 Å². The molecule has 0 saturated carbocycles. The number of likely N-dealkylation sites (N-methyl/N-ethyl adjacent to an activating group) is 1. The fourth-order valence-electron chi connectivity index (χ4n) is 3.07. The molecule has 0 aromatic rings. The summed E-state index contributed by atoms with van der Waals surface area (Å²) < 4.78 is 28.7. The summed E-state index contributed by atoms with van der Waals surface area (Å²) in [5.74, 6) is 1.71. The van der Waals surface area contributed by atoms with Crippen molar-refractivity contribution in [3.63, 3.8) is 0 Å². The van der Waals surface area contributed by atoms with Crippen LogP contribution in [0.4, 0.5) is 0 Å². The van der Waals surface area contributed by atoms with Crippen molar-refractivity contribution in [1.29, 1.82) is 0 Å². The van der Waals surface area contributed by atoms with E-state index in [2.05, 4.69) is 20.0 Å². The van der Waals surface area contributed by atoms with Crippen molar-refractivity contribution in [1.82, 2.24) is 4.90 Å². The molecule has 0 N–H and O–H groups in total. The monoisotopic (exact) mass is 483 g/mol. The molecule has 0 spiro atoms. The summed E-state index contributed by atoms with van der Waals surface area (Å²) in [5, 5.41) is 0. The lowest BCUT2D eigenvalue weighted by Crippen LogP contribution is -2.46. The fourth-order valence-corrected chi connectivity index (χ4v) is 8.74. The maximum Gasteiger partial charge on any atom is 0.501 e. The van der Waals surface area contributed by atoms with E-state index in [0.29, 0.717) is 45.4 Å². The third kappa shape index (κ3) is 15.0. The van der Waals surface area contributed by atoms with E-state index < -0.39 is 17.1 Å². The Balaban J connectivity index is 4.01. The van der Waals surface area contributed by atoms with Gasteiger partial charge in [-0.25, -0.2) is 0 Å². The lowest BCUT2D eigenvalue weighted by molar-refractivity contribution is -0.144. The van der Waals surface area contributed by atoms with Crippen LogP contribution in [0.3, 0.4) is 0 Å². The third-order valence-corrected chi connectivity index (χ3v) is 11.3. The zero-order valence-electron chi connectivity index (χ0n) is 20.3. The third-order valence-electron chi connectivity index (χ3n) is 4.30. The molecule has 7 nitrogen and oxygen atoms in total. The molecule has 0 saturated heterocycles. The number of hydrogen-bond acceptors (Lipinski definition) is 8. The number of nitrogens with zero attached hydrogens (tertiary/aromatic N) is 1. The van der Waals surface area contributed by atoms with Gasteiger partial charge in [-0.05, 0) is 72.5 Å². The van der Waals surface area contributed by atoms with Crippen LogP contribution in [0.25, 0.3) is 0 Å². The molecule has 0 unspecified atom stereocenters. The fraction of sp³-hybridized carbons (Fsp3) is 0.950. The first-order chi connectivity index (χ1) is 14.2. The van der Waals surface area contributed by atoms with E-state index in [4.69, 9.17) is 22.4 Å². The van der Waals surface area contributed by atoms with Gasteiger partial charge in [-0.3, -0.25) is 9.69 Å². The Morgan fingerprint density at radius 1 is 0.867 bits per heavy atom. The summed E-state index contributed by atoms with van der Waals surface area (Å²) in [4.78, 5) is 14.1. The molecule has 0 aliphatic rings. The van der Waals surface area contributed by atoms with Crippen molar-refractivity contribution >= 4 is 34.9 Å². The highest BCUT2D eigenvalue weighted by atomic mass is 32.2. The molecule has 0 radical (unpaired) electrons. The largest absolute Gasteiger partial charge is 0.501 e. The van der Waals surface area contributed by atoms with Crippen LogP contribution in [0.1, 0.15) is 40.5 Å². The highest BCUT2D eigenvalue weighted by Crippen LogP contribution is 2.18. The lowest BCUT2D eigenvalue weighted by atomic mass is 10.5. The normalized spacial score (nSPS) is 12.5. The lowest BCUT2D eigenvalue weighted by Gasteiger charge is -2.28. The first-order valence-corrected chi connectivity index (χ1v) is 17.4. The van der Waals surface area contributed by atoms with E-state index in [0.717, 1.165) is 24.7 Å². The van der Waals surface area contributed by atoms with Crippen LogP contribution >= 0.6 is 11.8 Å². The van der Waals surface area contributed by atoms with Gasteiger partial charge in [0.15, 0.2) is 8.32 Å². The molecular weight excluding hydrogens is 438 g/mol. The Bertz CT molecular complexity index is 429. The molecule has 30 heavy (non-hydrogen) atoms. The topological polar surface area (TPSA) is 66.5 Å². The minimum atomic E-state index is -2.66. The maximum absolute atomic E-state index is 12.1. The molecule has 0 amide bonds. The molecule has 0 aliphatic heterocycles. The van der Waals surface area contributed by atoms with Gasteiger partial charge in [0.25, 0.3) is 0 Å². The van der Waals surface area contributed by atoms with Gasteiger partial charge in [0.05, 0.1) is 13.2 Å². The second-order valence-corrected chi connectivity index (χ2v) is 15.8. The van der Waals surface area contributed by atoms with Gasteiger partial charge in [-0.1, -0.05) is 0 Å².